The maximum Gasteiger partial charge on any atom is 0.316 e. The average molecular weight is 249 g/mol. The molecule has 0 fully saturated rings. The highest BCUT2D eigenvalue weighted by Crippen LogP contribution is 2.22. The largest absolute Gasteiger partial charge is 0.459 e. The number of hydrogen-bond acceptors (Lipinski definition) is 4. The predicted octanol–water partition coefficient (Wildman–Crippen LogP) is 0.0671. The first kappa shape index (κ1) is 18.7. The summed E-state index contributed by atoms with van der Waals surface area (Å²) >= 11 is 0. The average Bonchev–Trinajstić information content (AvgIpc) is 2.19. The third kappa shape index (κ3) is 6.00. The van der Waals surface area contributed by atoms with Crippen molar-refractivity contribution in [2.24, 2.45) is 5.41 Å². The molecule has 2 N–H and O–H groups in total. The van der Waals surface area contributed by atoms with Crippen molar-refractivity contribution < 1.29 is 24.2 Å². The van der Waals surface area contributed by atoms with Gasteiger partial charge in [-0.05, 0) is 6.42 Å². The Balaban J connectivity index is 0. The lowest BCUT2D eigenvalue weighted by atomic mass is 9.87. The number of carbonyl (C=O) groups excluding carboxylic acids is 1. The Morgan fingerprint density at radius 1 is 1.24 bits per heavy atom. The van der Waals surface area contributed by atoms with Gasteiger partial charge in [0.2, 0.25) is 0 Å². The number of ether oxygens (including phenoxy) is 1. The Labute approximate surface area is 105 Å². The molecule has 0 amide bonds. The lowest BCUT2D eigenvalue weighted by molar-refractivity contribution is -0.870. The van der Waals surface area contributed by atoms with Crippen LogP contribution in [0.5, 0.6) is 0 Å². The SMILES string of the molecule is CCC(CO)(CO)C(=O)OCC[N+](C)(C)C.[CH3-]. The number of likely N-dealkylation sites (N-methyl/N-ethyl adjacent to an activating group) is 1. The number of carbonyl (C=O) groups is 1. The summed E-state index contributed by atoms with van der Waals surface area (Å²) < 4.78 is 5.78. The van der Waals surface area contributed by atoms with Gasteiger partial charge in [0.1, 0.15) is 18.6 Å². The van der Waals surface area contributed by atoms with E-state index in [0.717, 1.165) is 0 Å². The van der Waals surface area contributed by atoms with E-state index in [1.165, 1.54) is 0 Å². The molecule has 5 nitrogen and oxygen atoms in total. The lowest BCUT2D eigenvalue weighted by Gasteiger charge is -2.27. The molecule has 0 saturated heterocycles. The molecule has 0 radical (unpaired) electrons. The molecule has 104 valence electrons. The Kier molecular flexibility index (Phi) is 8.40. The fraction of sp³-hybridized carbons (Fsp3) is 0.833. The first-order chi connectivity index (χ1) is 7.31. The molecule has 0 aliphatic carbocycles. The smallest absolute Gasteiger partial charge is 0.316 e. The summed E-state index contributed by atoms with van der Waals surface area (Å²) in [6.45, 7) is 1.96. The van der Waals surface area contributed by atoms with Gasteiger partial charge in [-0.2, -0.15) is 0 Å². The first-order valence-corrected chi connectivity index (χ1v) is 5.51. The minimum absolute atomic E-state index is 0. The number of esters is 1. The predicted molar refractivity (Wildman–Crippen MR) is 67.2 cm³/mol. The lowest BCUT2D eigenvalue weighted by Crippen LogP contribution is -2.42. The van der Waals surface area contributed by atoms with Crippen LogP contribution in [0.25, 0.3) is 0 Å². The molecule has 0 rings (SSSR count). The molecule has 17 heavy (non-hydrogen) atoms. The van der Waals surface area contributed by atoms with Gasteiger partial charge in [-0.25, -0.2) is 0 Å². The minimum Gasteiger partial charge on any atom is -0.459 e. The maximum absolute atomic E-state index is 11.7. The molecule has 0 atom stereocenters. The number of hydrogen-bond donors (Lipinski definition) is 2. The normalized spacial score (nSPS) is 11.9. The van der Waals surface area contributed by atoms with E-state index >= 15 is 0 Å². The summed E-state index contributed by atoms with van der Waals surface area (Å²) in [6.07, 6.45) is 0.364. The summed E-state index contributed by atoms with van der Waals surface area (Å²) in [5.41, 5.74) is -1.15. The van der Waals surface area contributed by atoms with Crippen molar-refractivity contribution in [3.63, 3.8) is 0 Å². The molecule has 5 heteroatoms. The summed E-state index contributed by atoms with van der Waals surface area (Å²) in [6, 6.07) is 0. The van der Waals surface area contributed by atoms with Crippen LogP contribution in [0.15, 0.2) is 0 Å². The van der Waals surface area contributed by atoms with Crippen LogP contribution in [0.2, 0.25) is 0 Å². The molecular formula is C12H27NO4. The van der Waals surface area contributed by atoms with Crippen LogP contribution in [0.3, 0.4) is 0 Å². The highest BCUT2D eigenvalue weighted by molar-refractivity contribution is 5.77. The monoisotopic (exact) mass is 249 g/mol. The van der Waals surface area contributed by atoms with Gasteiger partial charge in [0.15, 0.2) is 0 Å². The van der Waals surface area contributed by atoms with Crippen LogP contribution in [0, 0.1) is 12.8 Å². The van der Waals surface area contributed by atoms with E-state index in [0.29, 0.717) is 24.1 Å². The number of nitrogens with zero attached hydrogens (tertiary/aromatic N) is 1. The van der Waals surface area contributed by atoms with E-state index in [1.54, 1.807) is 6.92 Å². The van der Waals surface area contributed by atoms with Crippen LogP contribution in [0.4, 0.5) is 0 Å². The van der Waals surface area contributed by atoms with Gasteiger partial charge in [0.25, 0.3) is 0 Å². The van der Waals surface area contributed by atoms with E-state index < -0.39 is 11.4 Å². The summed E-state index contributed by atoms with van der Waals surface area (Å²) in [5.74, 6) is -0.520. The van der Waals surface area contributed by atoms with Crippen molar-refractivity contribution in [1.82, 2.24) is 0 Å². The van der Waals surface area contributed by atoms with Crippen LogP contribution >= 0.6 is 0 Å². The molecule has 0 unspecified atom stereocenters. The van der Waals surface area contributed by atoms with E-state index in [1.807, 2.05) is 21.1 Å². The van der Waals surface area contributed by atoms with Crippen molar-refractivity contribution >= 4 is 5.97 Å². The molecule has 0 aliphatic rings. The van der Waals surface area contributed by atoms with E-state index in [4.69, 9.17) is 14.9 Å². The zero-order valence-electron chi connectivity index (χ0n) is 11.7. The van der Waals surface area contributed by atoms with Gasteiger partial charge in [-0.3, -0.25) is 4.79 Å². The topological polar surface area (TPSA) is 66.8 Å². The fourth-order valence-electron chi connectivity index (χ4n) is 1.11. The second-order valence-corrected chi connectivity index (χ2v) is 5.10. The molecular weight excluding hydrogens is 222 g/mol. The third-order valence-electron chi connectivity index (χ3n) is 2.71. The second-order valence-electron chi connectivity index (χ2n) is 5.10. The highest BCUT2D eigenvalue weighted by atomic mass is 16.5. The van der Waals surface area contributed by atoms with Gasteiger partial charge in [-0.1, -0.05) is 6.92 Å². The maximum atomic E-state index is 11.7. The van der Waals surface area contributed by atoms with Gasteiger partial charge < -0.3 is 26.9 Å². The molecule has 0 aliphatic heterocycles. The van der Waals surface area contributed by atoms with Crippen molar-refractivity contribution in [2.75, 3.05) is 47.5 Å². The zero-order chi connectivity index (χ0) is 12.8. The number of rotatable bonds is 7. The summed E-state index contributed by atoms with van der Waals surface area (Å²) in [4.78, 5) is 11.7. The van der Waals surface area contributed by atoms with Gasteiger partial charge in [-0.15, -0.1) is 0 Å². The van der Waals surface area contributed by atoms with Crippen molar-refractivity contribution in [3.8, 4) is 0 Å². The molecule has 0 spiro atoms. The van der Waals surface area contributed by atoms with Crippen LogP contribution < -0.4 is 0 Å². The first-order valence-electron chi connectivity index (χ1n) is 5.51. The molecule has 0 aromatic rings. The molecule has 0 aromatic heterocycles. The summed E-state index contributed by atoms with van der Waals surface area (Å²) in [7, 11) is 6.00. The number of aliphatic hydroxyl groups excluding tert-OH is 2. The Bertz CT molecular complexity index is 211. The summed E-state index contributed by atoms with van der Waals surface area (Å²) in [5, 5.41) is 18.3. The Morgan fingerprint density at radius 2 is 1.71 bits per heavy atom. The zero-order valence-corrected chi connectivity index (χ0v) is 11.7. The van der Waals surface area contributed by atoms with E-state index in [9.17, 15) is 4.79 Å². The quantitative estimate of drug-likeness (QED) is 0.380. The molecule has 0 aromatic carbocycles. The molecule has 0 heterocycles. The van der Waals surface area contributed by atoms with Crippen LogP contribution in [0.1, 0.15) is 13.3 Å². The highest BCUT2D eigenvalue weighted by Gasteiger charge is 2.37. The van der Waals surface area contributed by atoms with E-state index in [2.05, 4.69) is 0 Å². The number of quaternary nitrogens is 1. The second kappa shape index (κ2) is 7.63. The van der Waals surface area contributed by atoms with Gasteiger partial charge >= 0.3 is 5.97 Å². The van der Waals surface area contributed by atoms with Crippen LogP contribution in [-0.2, 0) is 9.53 Å². The van der Waals surface area contributed by atoms with Crippen LogP contribution in [-0.4, -0.2) is 68.2 Å². The van der Waals surface area contributed by atoms with Crippen molar-refractivity contribution in [2.45, 2.75) is 13.3 Å². The molecule has 0 saturated carbocycles. The third-order valence-corrected chi connectivity index (χ3v) is 2.71. The minimum atomic E-state index is -1.15. The van der Waals surface area contributed by atoms with Crippen molar-refractivity contribution in [3.05, 3.63) is 7.43 Å². The Morgan fingerprint density at radius 3 is 2.00 bits per heavy atom. The Hall–Kier alpha value is -0.650. The number of aliphatic hydroxyl groups is 2. The van der Waals surface area contributed by atoms with E-state index in [-0.39, 0.29) is 20.6 Å². The van der Waals surface area contributed by atoms with Gasteiger partial charge in [0.05, 0.1) is 34.4 Å². The standard InChI is InChI=1S/C11H24NO4.CH3/c1-5-11(8-13,9-14)10(15)16-7-6-12(2,3)4;/h13-14H,5-9H2,1-4H3;1H3/q+1;-1. The van der Waals surface area contributed by atoms with Crippen molar-refractivity contribution in [1.29, 1.82) is 0 Å². The fourth-order valence-corrected chi connectivity index (χ4v) is 1.11. The van der Waals surface area contributed by atoms with Gasteiger partial charge in [0, 0.05) is 0 Å². The molecule has 0 bridgehead atoms.